The van der Waals surface area contributed by atoms with Crippen LogP contribution in [-0.4, -0.2) is 44.5 Å². The zero-order valence-corrected chi connectivity index (χ0v) is 20.2. The highest BCUT2D eigenvalue weighted by atomic mass is 16.5. The predicted molar refractivity (Wildman–Crippen MR) is 134 cm³/mol. The standard InChI is InChI=1S/C27H36N4O3/c1-27(2,33)14-5-7-20-6-3-4-16-30(18-20)24-12-15-28-25-23(24)13-17-31(25)19-21-8-10-22(11-9-21)26(32)29-34/h8-13,15,17,20,33-34H,3-7,14,16,18-19H2,1-2H3,(H,29,32). The average Bonchev–Trinajstić information content (AvgIpc) is 3.07. The molecule has 0 aliphatic carbocycles. The van der Waals surface area contributed by atoms with Gasteiger partial charge in [0.2, 0.25) is 0 Å². The van der Waals surface area contributed by atoms with Crippen LogP contribution in [0.25, 0.3) is 11.0 Å². The molecule has 1 aliphatic heterocycles. The normalized spacial score (nSPS) is 17.1. The third-order valence-corrected chi connectivity index (χ3v) is 6.82. The molecule has 3 N–H and O–H groups in total. The highest BCUT2D eigenvalue weighted by Crippen LogP contribution is 2.31. The second-order valence-corrected chi connectivity index (χ2v) is 10.2. The van der Waals surface area contributed by atoms with Gasteiger partial charge in [0.15, 0.2) is 0 Å². The van der Waals surface area contributed by atoms with Crippen LogP contribution in [0, 0.1) is 5.92 Å². The number of benzene rings is 1. The van der Waals surface area contributed by atoms with Crippen LogP contribution < -0.4 is 10.4 Å². The highest BCUT2D eigenvalue weighted by molar-refractivity contribution is 5.93. The molecule has 7 nitrogen and oxygen atoms in total. The third kappa shape index (κ3) is 5.96. The summed E-state index contributed by atoms with van der Waals surface area (Å²) in [6, 6.07) is 11.5. The number of rotatable bonds is 8. The van der Waals surface area contributed by atoms with Crippen LogP contribution in [0.1, 0.15) is 68.3 Å². The van der Waals surface area contributed by atoms with Crippen molar-refractivity contribution in [2.24, 2.45) is 5.92 Å². The fourth-order valence-electron chi connectivity index (χ4n) is 5.01. The average molecular weight is 465 g/mol. The first-order valence-electron chi connectivity index (χ1n) is 12.3. The van der Waals surface area contributed by atoms with E-state index in [9.17, 15) is 9.90 Å². The van der Waals surface area contributed by atoms with Gasteiger partial charge >= 0.3 is 0 Å². The molecular weight excluding hydrogens is 428 g/mol. The summed E-state index contributed by atoms with van der Waals surface area (Å²) in [6.45, 7) is 6.54. The number of hydrogen-bond donors (Lipinski definition) is 3. The van der Waals surface area contributed by atoms with Crippen LogP contribution in [-0.2, 0) is 6.54 Å². The summed E-state index contributed by atoms with van der Waals surface area (Å²) in [6.07, 6.45) is 10.7. The number of aromatic nitrogens is 2. The van der Waals surface area contributed by atoms with E-state index in [4.69, 9.17) is 5.21 Å². The Kier molecular flexibility index (Phi) is 7.54. The number of fused-ring (bicyclic) bond motifs is 1. The lowest BCUT2D eigenvalue weighted by Gasteiger charge is -2.28. The van der Waals surface area contributed by atoms with Crippen LogP contribution in [0.15, 0.2) is 48.8 Å². The number of carbonyl (C=O) groups is 1. The monoisotopic (exact) mass is 464 g/mol. The molecule has 7 heteroatoms. The van der Waals surface area contributed by atoms with Gasteiger partial charge in [0.1, 0.15) is 5.65 Å². The second-order valence-electron chi connectivity index (χ2n) is 10.2. The largest absolute Gasteiger partial charge is 0.390 e. The summed E-state index contributed by atoms with van der Waals surface area (Å²) in [5.41, 5.74) is 4.75. The number of nitrogens with zero attached hydrogens (tertiary/aromatic N) is 3. The van der Waals surface area contributed by atoms with E-state index in [0.717, 1.165) is 48.9 Å². The van der Waals surface area contributed by atoms with Crippen molar-refractivity contribution in [1.29, 1.82) is 0 Å². The maximum Gasteiger partial charge on any atom is 0.274 e. The van der Waals surface area contributed by atoms with Crippen LogP contribution in [0.4, 0.5) is 5.69 Å². The van der Waals surface area contributed by atoms with Crippen LogP contribution in [0.2, 0.25) is 0 Å². The van der Waals surface area contributed by atoms with Gasteiger partial charge in [-0.25, -0.2) is 10.5 Å². The van der Waals surface area contributed by atoms with Gasteiger partial charge in [-0.2, -0.15) is 0 Å². The zero-order valence-electron chi connectivity index (χ0n) is 20.2. The maximum atomic E-state index is 11.6. The van der Waals surface area contributed by atoms with Gasteiger partial charge in [0, 0.05) is 48.7 Å². The number of nitrogens with one attached hydrogen (secondary N) is 1. The third-order valence-electron chi connectivity index (χ3n) is 6.82. The molecule has 4 rings (SSSR count). The molecule has 3 heterocycles. The number of pyridine rings is 1. The van der Waals surface area contributed by atoms with E-state index in [1.165, 1.54) is 24.9 Å². The smallest absolute Gasteiger partial charge is 0.274 e. The molecule has 0 bridgehead atoms. The van der Waals surface area contributed by atoms with E-state index < -0.39 is 11.5 Å². The van der Waals surface area contributed by atoms with E-state index in [1.54, 1.807) is 17.6 Å². The Labute approximate surface area is 201 Å². The fourth-order valence-corrected chi connectivity index (χ4v) is 5.01. The van der Waals surface area contributed by atoms with Crippen molar-refractivity contribution in [3.8, 4) is 0 Å². The summed E-state index contributed by atoms with van der Waals surface area (Å²) in [5, 5.41) is 20.0. The van der Waals surface area contributed by atoms with Crippen molar-refractivity contribution in [1.82, 2.24) is 15.0 Å². The topological polar surface area (TPSA) is 90.6 Å². The molecule has 2 aromatic heterocycles. The molecule has 1 aliphatic rings. The molecule has 3 aromatic rings. The molecule has 1 atom stereocenters. The molecule has 0 spiro atoms. The van der Waals surface area contributed by atoms with Gasteiger partial charge in [0.25, 0.3) is 5.91 Å². The van der Waals surface area contributed by atoms with E-state index in [1.807, 2.05) is 32.2 Å². The lowest BCUT2D eigenvalue weighted by Crippen LogP contribution is -2.28. The van der Waals surface area contributed by atoms with E-state index in [2.05, 4.69) is 32.8 Å². The minimum absolute atomic E-state index is 0.419. The quantitative estimate of drug-likeness (QED) is 0.331. The summed E-state index contributed by atoms with van der Waals surface area (Å²) in [4.78, 5) is 18.8. The fraction of sp³-hybridized carbons (Fsp3) is 0.481. The Morgan fingerprint density at radius 1 is 1.18 bits per heavy atom. The predicted octanol–water partition coefficient (Wildman–Crippen LogP) is 4.75. The molecular formula is C27H36N4O3. The summed E-state index contributed by atoms with van der Waals surface area (Å²) >= 11 is 0. The van der Waals surface area contributed by atoms with Crippen LogP contribution in [0.3, 0.4) is 0 Å². The number of hydrogen-bond acceptors (Lipinski definition) is 5. The molecule has 1 saturated heterocycles. The highest BCUT2D eigenvalue weighted by Gasteiger charge is 2.22. The minimum Gasteiger partial charge on any atom is -0.390 e. The number of carbonyl (C=O) groups excluding carboxylic acids is 1. The molecule has 182 valence electrons. The number of amides is 1. The van der Waals surface area contributed by atoms with Gasteiger partial charge < -0.3 is 14.6 Å². The van der Waals surface area contributed by atoms with E-state index >= 15 is 0 Å². The molecule has 1 amide bonds. The molecule has 1 unspecified atom stereocenters. The lowest BCUT2D eigenvalue weighted by atomic mass is 9.93. The Morgan fingerprint density at radius 3 is 2.71 bits per heavy atom. The minimum atomic E-state index is -0.587. The van der Waals surface area contributed by atoms with Gasteiger partial charge in [-0.15, -0.1) is 0 Å². The number of aliphatic hydroxyl groups is 1. The Bertz CT molecular complexity index is 1100. The van der Waals surface area contributed by atoms with Crippen LogP contribution >= 0.6 is 0 Å². The van der Waals surface area contributed by atoms with Gasteiger partial charge in [-0.05, 0) is 75.3 Å². The Hall–Kier alpha value is -2.90. The summed E-state index contributed by atoms with van der Waals surface area (Å²) < 4.78 is 2.14. The molecule has 0 saturated carbocycles. The summed E-state index contributed by atoms with van der Waals surface area (Å²) in [7, 11) is 0. The van der Waals surface area contributed by atoms with Crippen molar-refractivity contribution in [3.63, 3.8) is 0 Å². The van der Waals surface area contributed by atoms with Gasteiger partial charge in [-0.1, -0.05) is 25.0 Å². The summed E-state index contributed by atoms with van der Waals surface area (Å²) in [5.74, 6) is 0.130. The first-order chi connectivity index (χ1) is 16.3. The zero-order chi connectivity index (χ0) is 24.1. The Balaban J connectivity index is 1.50. The van der Waals surface area contributed by atoms with Gasteiger partial charge in [-0.3, -0.25) is 10.0 Å². The van der Waals surface area contributed by atoms with Crippen molar-refractivity contribution in [2.75, 3.05) is 18.0 Å². The van der Waals surface area contributed by atoms with Crippen molar-refractivity contribution in [3.05, 3.63) is 59.9 Å². The number of hydroxylamine groups is 1. The molecule has 34 heavy (non-hydrogen) atoms. The van der Waals surface area contributed by atoms with Crippen molar-refractivity contribution < 1.29 is 15.1 Å². The van der Waals surface area contributed by atoms with E-state index in [-0.39, 0.29) is 0 Å². The van der Waals surface area contributed by atoms with Gasteiger partial charge in [0.05, 0.1) is 5.60 Å². The van der Waals surface area contributed by atoms with Crippen LogP contribution in [0.5, 0.6) is 0 Å². The van der Waals surface area contributed by atoms with Crippen molar-refractivity contribution in [2.45, 2.75) is 64.5 Å². The lowest BCUT2D eigenvalue weighted by molar-refractivity contribution is 0.0667. The van der Waals surface area contributed by atoms with E-state index in [0.29, 0.717) is 18.0 Å². The Morgan fingerprint density at radius 2 is 1.97 bits per heavy atom. The second kappa shape index (κ2) is 10.6. The molecule has 0 radical (unpaired) electrons. The van der Waals surface area contributed by atoms with Crippen molar-refractivity contribution >= 4 is 22.6 Å². The SMILES string of the molecule is CC(C)(O)CCCC1CCCCN(c2ccnc3c2ccn3Cc2ccc(C(=O)NO)cc2)C1. The molecule has 1 aromatic carbocycles. The maximum absolute atomic E-state index is 11.6. The molecule has 1 fully saturated rings. The number of anilines is 1. The first kappa shape index (κ1) is 24.2. The first-order valence-corrected chi connectivity index (χ1v) is 12.3.